The van der Waals surface area contributed by atoms with Crippen LogP contribution in [0.1, 0.15) is 23.1 Å². The summed E-state index contributed by atoms with van der Waals surface area (Å²) in [5.41, 5.74) is 1.52. The highest BCUT2D eigenvalue weighted by Gasteiger charge is 2.40. The van der Waals surface area contributed by atoms with Crippen molar-refractivity contribution in [2.24, 2.45) is 0 Å². The van der Waals surface area contributed by atoms with Crippen molar-refractivity contribution in [1.29, 1.82) is 0 Å². The minimum atomic E-state index is -1.06. The lowest BCUT2D eigenvalue weighted by Gasteiger charge is -2.35. The normalized spacial score (nSPS) is 11.1. The number of ether oxygens (including phenoxy) is 1. The number of hydrogen-bond donors (Lipinski definition) is 1. The predicted molar refractivity (Wildman–Crippen MR) is 97.0 cm³/mol. The van der Waals surface area contributed by atoms with Crippen molar-refractivity contribution < 1.29 is 14.6 Å². The minimum absolute atomic E-state index is 0.0474. The molecule has 0 aromatic heterocycles. The molecule has 0 aliphatic carbocycles. The maximum atomic E-state index is 12.4. The Morgan fingerprint density at radius 1 is 0.720 bits per heavy atom. The van der Waals surface area contributed by atoms with Crippen LogP contribution in [0.5, 0.6) is 0 Å². The second-order valence-electron chi connectivity index (χ2n) is 5.73. The zero-order chi connectivity index (χ0) is 17.5. The number of esters is 1. The van der Waals surface area contributed by atoms with E-state index in [2.05, 4.69) is 0 Å². The van der Waals surface area contributed by atoms with E-state index < -0.39 is 11.6 Å². The van der Waals surface area contributed by atoms with Gasteiger partial charge in [0.05, 0.1) is 13.0 Å². The van der Waals surface area contributed by atoms with Gasteiger partial charge in [-0.1, -0.05) is 91.0 Å². The van der Waals surface area contributed by atoms with E-state index in [1.165, 1.54) is 0 Å². The van der Waals surface area contributed by atoms with E-state index in [4.69, 9.17) is 9.84 Å². The highest BCUT2D eigenvalue weighted by Crippen LogP contribution is 2.40. The maximum Gasteiger partial charge on any atom is 0.309 e. The molecular formula is C22H20O3. The molecule has 0 saturated heterocycles. The first kappa shape index (κ1) is 16.9. The van der Waals surface area contributed by atoms with E-state index in [0.29, 0.717) is 0 Å². The Kier molecular flexibility index (Phi) is 5.26. The van der Waals surface area contributed by atoms with Crippen LogP contribution < -0.4 is 0 Å². The number of hydrogen-bond acceptors (Lipinski definition) is 3. The van der Waals surface area contributed by atoms with Gasteiger partial charge in [-0.25, -0.2) is 0 Å². The summed E-state index contributed by atoms with van der Waals surface area (Å²) in [6, 6.07) is 29.1. The van der Waals surface area contributed by atoms with Crippen molar-refractivity contribution in [3.63, 3.8) is 0 Å². The predicted octanol–water partition coefficient (Wildman–Crippen LogP) is 3.90. The summed E-state index contributed by atoms with van der Waals surface area (Å²) in [6.07, 6.45) is -0.0474. The molecule has 3 rings (SSSR count). The summed E-state index contributed by atoms with van der Waals surface area (Å²) < 4.78 is 6.04. The molecule has 126 valence electrons. The molecule has 0 fully saturated rings. The standard InChI is InChI=1S/C22H20O3/c23-17-16-21(24)25-22(18-10-4-1-5-11-18,19-12-6-2-7-13-19)20-14-8-3-9-15-20/h1-15,23H,16-17H2. The van der Waals surface area contributed by atoms with Gasteiger partial charge in [-0.2, -0.15) is 0 Å². The molecule has 0 amide bonds. The third kappa shape index (κ3) is 3.47. The Morgan fingerprint density at radius 3 is 1.40 bits per heavy atom. The fourth-order valence-electron chi connectivity index (χ4n) is 3.01. The Balaban J connectivity index is 2.26. The molecule has 1 N–H and O–H groups in total. The maximum absolute atomic E-state index is 12.4. The van der Waals surface area contributed by atoms with Crippen LogP contribution in [-0.2, 0) is 15.1 Å². The monoisotopic (exact) mass is 332 g/mol. The number of carbonyl (C=O) groups is 1. The molecule has 0 aliphatic heterocycles. The van der Waals surface area contributed by atoms with Gasteiger partial charge in [0.2, 0.25) is 0 Å². The van der Waals surface area contributed by atoms with Crippen LogP contribution >= 0.6 is 0 Å². The highest BCUT2D eigenvalue weighted by atomic mass is 16.6. The Bertz CT molecular complexity index is 702. The summed E-state index contributed by atoms with van der Waals surface area (Å²) >= 11 is 0. The lowest BCUT2D eigenvalue weighted by molar-refractivity contribution is -0.154. The number of aliphatic hydroxyl groups is 1. The summed E-state index contributed by atoms with van der Waals surface area (Å²) in [7, 11) is 0. The molecule has 3 nitrogen and oxygen atoms in total. The van der Waals surface area contributed by atoms with Crippen molar-refractivity contribution in [2.45, 2.75) is 12.0 Å². The van der Waals surface area contributed by atoms with Crippen LogP contribution in [-0.4, -0.2) is 17.7 Å². The molecule has 3 heteroatoms. The zero-order valence-corrected chi connectivity index (χ0v) is 13.8. The lowest BCUT2D eigenvalue weighted by atomic mass is 9.80. The van der Waals surface area contributed by atoms with Crippen LogP contribution in [0.4, 0.5) is 0 Å². The second-order valence-corrected chi connectivity index (χ2v) is 5.73. The average molecular weight is 332 g/mol. The van der Waals surface area contributed by atoms with Gasteiger partial charge in [-0.15, -0.1) is 0 Å². The fourth-order valence-corrected chi connectivity index (χ4v) is 3.01. The van der Waals surface area contributed by atoms with Gasteiger partial charge in [0.25, 0.3) is 0 Å². The van der Waals surface area contributed by atoms with E-state index in [1.807, 2.05) is 91.0 Å². The lowest BCUT2D eigenvalue weighted by Crippen LogP contribution is -2.35. The summed E-state index contributed by atoms with van der Waals surface area (Å²) in [4.78, 5) is 12.4. The topological polar surface area (TPSA) is 46.5 Å². The zero-order valence-electron chi connectivity index (χ0n) is 13.8. The summed E-state index contributed by atoms with van der Waals surface area (Å²) in [5.74, 6) is -0.445. The largest absolute Gasteiger partial charge is 0.444 e. The Hall–Kier alpha value is -2.91. The van der Waals surface area contributed by atoms with Gasteiger partial charge in [0.1, 0.15) is 0 Å². The van der Waals surface area contributed by atoms with Crippen LogP contribution in [0.3, 0.4) is 0 Å². The third-order valence-corrected chi connectivity index (χ3v) is 4.12. The first-order valence-corrected chi connectivity index (χ1v) is 8.26. The molecule has 0 unspecified atom stereocenters. The van der Waals surface area contributed by atoms with Crippen LogP contribution in [0, 0.1) is 0 Å². The van der Waals surface area contributed by atoms with E-state index in [-0.39, 0.29) is 13.0 Å². The number of carbonyl (C=O) groups excluding carboxylic acids is 1. The van der Waals surface area contributed by atoms with E-state index >= 15 is 0 Å². The van der Waals surface area contributed by atoms with Crippen molar-refractivity contribution in [2.75, 3.05) is 6.61 Å². The smallest absolute Gasteiger partial charge is 0.309 e. The molecule has 3 aromatic rings. The van der Waals surface area contributed by atoms with Crippen molar-refractivity contribution in [1.82, 2.24) is 0 Å². The van der Waals surface area contributed by atoms with Gasteiger partial charge < -0.3 is 9.84 Å². The molecule has 3 aromatic carbocycles. The van der Waals surface area contributed by atoms with Crippen molar-refractivity contribution in [3.05, 3.63) is 108 Å². The average Bonchev–Trinajstić information content (AvgIpc) is 2.68. The molecule has 0 saturated carbocycles. The van der Waals surface area contributed by atoms with E-state index in [0.717, 1.165) is 16.7 Å². The van der Waals surface area contributed by atoms with Gasteiger partial charge in [-0.3, -0.25) is 4.79 Å². The molecule has 0 radical (unpaired) electrons. The molecule has 0 spiro atoms. The number of aliphatic hydroxyl groups excluding tert-OH is 1. The van der Waals surface area contributed by atoms with Gasteiger partial charge in [-0.05, 0) is 0 Å². The molecule has 25 heavy (non-hydrogen) atoms. The van der Waals surface area contributed by atoms with Crippen molar-refractivity contribution >= 4 is 5.97 Å². The molecule has 0 atom stereocenters. The second kappa shape index (κ2) is 7.77. The van der Waals surface area contributed by atoms with Gasteiger partial charge in [0.15, 0.2) is 5.60 Å². The fraction of sp³-hybridized carbons (Fsp3) is 0.136. The van der Waals surface area contributed by atoms with Crippen LogP contribution in [0.25, 0.3) is 0 Å². The number of benzene rings is 3. The quantitative estimate of drug-likeness (QED) is 0.550. The summed E-state index contributed by atoms with van der Waals surface area (Å²) in [6.45, 7) is -0.243. The molecule has 0 aliphatic rings. The van der Waals surface area contributed by atoms with Gasteiger partial charge in [0, 0.05) is 16.7 Å². The first-order valence-electron chi connectivity index (χ1n) is 8.26. The summed E-state index contributed by atoms with van der Waals surface area (Å²) in [5, 5.41) is 9.14. The molecular weight excluding hydrogens is 312 g/mol. The van der Waals surface area contributed by atoms with E-state index in [1.54, 1.807) is 0 Å². The van der Waals surface area contributed by atoms with Crippen LogP contribution in [0.15, 0.2) is 91.0 Å². The first-order chi connectivity index (χ1) is 12.3. The van der Waals surface area contributed by atoms with Crippen molar-refractivity contribution in [3.8, 4) is 0 Å². The minimum Gasteiger partial charge on any atom is -0.444 e. The number of rotatable bonds is 6. The molecule has 0 bridgehead atoms. The Morgan fingerprint density at radius 2 is 1.08 bits per heavy atom. The third-order valence-electron chi connectivity index (χ3n) is 4.12. The Labute approximate surface area is 147 Å². The molecule has 0 heterocycles. The van der Waals surface area contributed by atoms with Gasteiger partial charge >= 0.3 is 5.97 Å². The highest BCUT2D eigenvalue weighted by molar-refractivity contribution is 5.72. The SMILES string of the molecule is O=C(CCO)OC(c1ccccc1)(c1ccccc1)c1ccccc1. The van der Waals surface area contributed by atoms with E-state index in [9.17, 15) is 4.79 Å². The van der Waals surface area contributed by atoms with Crippen LogP contribution in [0.2, 0.25) is 0 Å².